The second-order valence-electron chi connectivity index (χ2n) is 10.5. The third-order valence-corrected chi connectivity index (χ3v) is 8.27. The summed E-state index contributed by atoms with van der Waals surface area (Å²) in [5.41, 5.74) is 6.39. The van der Waals surface area contributed by atoms with Crippen molar-refractivity contribution in [2.24, 2.45) is 10.1 Å². The van der Waals surface area contributed by atoms with E-state index in [0.29, 0.717) is 44.8 Å². The number of aliphatic hydroxyl groups is 1. The van der Waals surface area contributed by atoms with Gasteiger partial charge in [-0.2, -0.15) is 10.1 Å². The number of anilines is 1. The fourth-order valence-electron chi connectivity index (χ4n) is 4.79. The van der Waals surface area contributed by atoms with Crippen molar-refractivity contribution in [3.63, 3.8) is 0 Å². The van der Waals surface area contributed by atoms with E-state index in [2.05, 4.69) is 30.3 Å². The molecular weight excluding hydrogens is 650 g/mol. The van der Waals surface area contributed by atoms with Crippen molar-refractivity contribution in [1.82, 2.24) is 20.2 Å². The van der Waals surface area contributed by atoms with Crippen molar-refractivity contribution in [1.29, 1.82) is 0 Å². The van der Waals surface area contributed by atoms with Gasteiger partial charge in [-0.25, -0.2) is 18.4 Å². The Balaban J connectivity index is 1.09. The standard InChI is InChI=1S/C30H24F5N7O2S2/c1-17-2-11-22(23-13-29(23,31)32)24(12-17)42-25(43)15-46-28(42)38-27(45)39-37-14-18-3-5-19(6-4-18)26-36-16-41(40-26)20-7-9-21(10-8-20)44-30(33,34)35/h2-12,14,16,23,25,43H,13,15H2,1H3,(H,39,45)/b37-14+,38-28-. The molecule has 3 aromatic carbocycles. The van der Waals surface area contributed by atoms with Crippen LogP contribution < -0.4 is 15.1 Å². The van der Waals surface area contributed by atoms with Crippen molar-refractivity contribution in [2.45, 2.75) is 37.8 Å². The van der Waals surface area contributed by atoms with Crippen molar-refractivity contribution in [3.05, 3.63) is 89.7 Å². The van der Waals surface area contributed by atoms with E-state index in [-0.39, 0.29) is 17.3 Å². The van der Waals surface area contributed by atoms with Gasteiger partial charge in [0.25, 0.3) is 5.92 Å². The van der Waals surface area contributed by atoms with Crippen molar-refractivity contribution in [2.75, 3.05) is 10.7 Å². The smallest absolute Gasteiger partial charge is 0.406 e. The molecule has 6 rings (SSSR count). The molecule has 0 spiro atoms. The van der Waals surface area contributed by atoms with E-state index in [4.69, 9.17) is 12.2 Å². The SMILES string of the molecule is Cc1ccc(C2CC2(F)F)c(N2/C(=N/C(=S)N/N=C/c3ccc(-c4ncn(-c5ccc(OC(F)(F)F)cc5)n4)cc3)SCC2O)c1. The predicted molar refractivity (Wildman–Crippen MR) is 169 cm³/mol. The number of alkyl halides is 5. The van der Waals surface area contributed by atoms with Crippen LogP contribution in [0.1, 0.15) is 29.0 Å². The normalized spacial score (nSPS) is 20.0. The van der Waals surface area contributed by atoms with E-state index in [0.717, 1.165) is 5.56 Å². The number of rotatable bonds is 7. The number of hydrogen-bond donors (Lipinski definition) is 2. The number of halogens is 5. The van der Waals surface area contributed by atoms with Crippen LogP contribution in [0.25, 0.3) is 17.1 Å². The summed E-state index contributed by atoms with van der Waals surface area (Å²) in [4.78, 5) is 10.2. The lowest BCUT2D eigenvalue weighted by Crippen LogP contribution is -2.35. The molecule has 46 heavy (non-hydrogen) atoms. The Labute approximate surface area is 268 Å². The van der Waals surface area contributed by atoms with E-state index in [1.165, 1.54) is 58.2 Å². The second-order valence-corrected chi connectivity index (χ2v) is 11.9. The maximum Gasteiger partial charge on any atom is 0.573 e. The van der Waals surface area contributed by atoms with Crippen molar-refractivity contribution in [3.8, 4) is 22.8 Å². The molecular formula is C30H24F5N7O2S2. The van der Waals surface area contributed by atoms with Gasteiger partial charge in [-0.15, -0.1) is 18.3 Å². The lowest BCUT2D eigenvalue weighted by molar-refractivity contribution is -0.274. The molecule has 0 radical (unpaired) electrons. The van der Waals surface area contributed by atoms with Gasteiger partial charge in [0, 0.05) is 23.4 Å². The molecule has 9 nitrogen and oxygen atoms in total. The first kappa shape index (κ1) is 31.6. The highest BCUT2D eigenvalue weighted by molar-refractivity contribution is 8.14. The van der Waals surface area contributed by atoms with E-state index in [1.54, 1.807) is 42.5 Å². The monoisotopic (exact) mass is 673 g/mol. The zero-order valence-corrected chi connectivity index (χ0v) is 25.5. The number of hydrazone groups is 1. The number of benzene rings is 3. The molecule has 1 saturated carbocycles. The number of hydrogen-bond acceptors (Lipinski definition) is 7. The molecule has 2 heterocycles. The van der Waals surface area contributed by atoms with Crippen LogP contribution in [0.4, 0.5) is 27.6 Å². The van der Waals surface area contributed by atoms with Crippen LogP contribution in [-0.4, -0.2) is 60.6 Å². The van der Waals surface area contributed by atoms with Gasteiger partial charge in [0.15, 0.2) is 11.0 Å². The molecule has 1 aliphatic carbocycles. The third kappa shape index (κ3) is 7.18. The van der Waals surface area contributed by atoms with Crippen LogP contribution in [0, 0.1) is 6.92 Å². The highest BCUT2D eigenvalue weighted by Gasteiger charge is 2.58. The molecule has 1 aromatic heterocycles. The molecule has 2 fully saturated rings. The number of aliphatic hydroxyl groups excluding tert-OH is 1. The Morgan fingerprint density at radius 1 is 1.13 bits per heavy atom. The fourth-order valence-corrected chi connectivity index (χ4v) is 5.95. The minimum absolute atomic E-state index is 0.0215. The number of nitrogens with zero attached hydrogens (tertiary/aromatic N) is 6. The molecule has 0 bridgehead atoms. The van der Waals surface area contributed by atoms with Gasteiger partial charge in [0.1, 0.15) is 18.3 Å². The number of thiocarbonyl (C=S) groups is 1. The predicted octanol–water partition coefficient (Wildman–Crippen LogP) is 6.40. The highest BCUT2D eigenvalue weighted by Crippen LogP contribution is 2.58. The van der Waals surface area contributed by atoms with E-state index >= 15 is 0 Å². The quantitative estimate of drug-likeness (QED) is 0.101. The summed E-state index contributed by atoms with van der Waals surface area (Å²) in [7, 11) is 0. The third-order valence-electron chi connectivity index (χ3n) is 7.08. The number of nitrogens with one attached hydrogen (secondary N) is 1. The van der Waals surface area contributed by atoms with Gasteiger partial charge in [-0.05, 0) is 66.2 Å². The first-order valence-corrected chi connectivity index (χ1v) is 15.1. The van der Waals surface area contributed by atoms with Gasteiger partial charge in [-0.3, -0.25) is 10.3 Å². The van der Waals surface area contributed by atoms with Crippen LogP contribution >= 0.6 is 24.0 Å². The molecule has 238 valence electrons. The number of amidine groups is 1. The number of aromatic nitrogens is 3. The van der Waals surface area contributed by atoms with Crippen LogP contribution in [-0.2, 0) is 0 Å². The molecule has 2 N–H and O–H groups in total. The van der Waals surface area contributed by atoms with E-state index in [9.17, 15) is 27.1 Å². The minimum Gasteiger partial charge on any atom is -0.406 e. The van der Waals surface area contributed by atoms with Gasteiger partial charge >= 0.3 is 6.36 Å². The summed E-state index contributed by atoms with van der Waals surface area (Å²) >= 11 is 6.59. The zero-order valence-electron chi connectivity index (χ0n) is 23.8. The lowest BCUT2D eigenvalue weighted by Gasteiger charge is -2.25. The van der Waals surface area contributed by atoms with Gasteiger partial charge in [-0.1, -0.05) is 48.2 Å². The van der Waals surface area contributed by atoms with Crippen molar-refractivity contribution >= 4 is 46.2 Å². The van der Waals surface area contributed by atoms with Gasteiger partial charge in [0.2, 0.25) is 5.11 Å². The average molecular weight is 674 g/mol. The fraction of sp³-hybridized carbons (Fsp3) is 0.233. The number of thioether (sulfide) groups is 1. The van der Waals surface area contributed by atoms with Crippen LogP contribution in [0.2, 0.25) is 0 Å². The summed E-state index contributed by atoms with van der Waals surface area (Å²) in [6.07, 6.45) is -3.00. The Bertz CT molecular complexity index is 1810. The minimum atomic E-state index is -4.77. The average Bonchev–Trinajstić information content (AvgIpc) is 3.30. The van der Waals surface area contributed by atoms with E-state index in [1.807, 2.05) is 6.92 Å². The Kier molecular flexibility index (Phi) is 8.52. The molecule has 2 atom stereocenters. The molecule has 0 amide bonds. The topological polar surface area (TPSA) is 100 Å². The Hall–Kier alpha value is -4.41. The Morgan fingerprint density at radius 3 is 2.52 bits per heavy atom. The molecule has 1 aliphatic heterocycles. The largest absolute Gasteiger partial charge is 0.573 e. The molecule has 1 saturated heterocycles. The van der Waals surface area contributed by atoms with Crippen LogP contribution in [0.5, 0.6) is 5.75 Å². The summed E-state index contributed by atoms with van der Waals surface area (Å²) in [5.74, 6) is -3.32. The molecule has 2 unspecified atom stereocenters. The van der Waals surface area contributed by atoms with Gasteiger partial charge < -0.3 is 9.84 Å². The summed E-state index contributed by atoms with van der Waals surface area (Å²) in [5, 5.41) is 19.6. The molecule has 2 aliphatic rings. The number of aliphatic imine (C=N–C) groups is 1. The van der Waals surface area contributed by atoms with E-state index < -0.39 is 24.4 Å². The number of ether oxygens (including phenoxy) is 1. The van der Waals surface area contributed by atoms with Crippen LogP contribution in [0.15, 0.2) is 83.2 Å². The summed E-state index contributed by atoms with van der Waals surface area (Å²) < 4.78 is 70.4. The second kappa shape index (κ2) is 12.4. The van der Waals surface area contributed by atoms with Gasteiger partial charge in [0.05, 0.1) is 17.8 Å². The number of aryl methyl sites for hydroxylation is 1. The lowest BCUT2D eigenvalue weighted by atomic mass is 10.0. The molecule has 4 aromatic rings. The maximum absolute atomic E-state index is 14.0. The zero-order chi connectivity index (χ0) is 32.6. The summed E-state index contributed by atoms with van der Waals surface area (Å²) in [6, 6.07) is 17.6. The van der Waals surface area contributed by atoms with Crippen LogP contribution in [0.3, 0.4) is 0 Å². The summed E-state index contributed by atoms with van der Waals surface area (Å²) in [6.45, 7) is 1.85. The molecule has 16 heteroatoms. The Morgan fingerprint density at radius 2 is 1.85 bits per heavy atom. The highest BCUT2D eigenvalue weighted by atomic mass is 32.2. The maximum atomic E-state index is 14.0. The van der Waals surface area contributed by atoms with Crippen molar-refractivity contribution < 1.29 is 31.8 Å². The first-order valence-electron chi connectivity index (χ1n) is 13.7. The first-order chi connectivity index (χ1) is 21.9.